The van der Waals surface area contributed by atoms with E-state index in [1.54, 1.807) is 13.8 Å². The van der Waals surface area contributed by atoms with Crippen molar-refractivity contribution in [2.75, 3.05) is 0 Å². The lowest BCUT2D eigenvalue weighted by molar-refractivity contribution is -0.128. The molecule has 7 nitrogen and oxygen atoms in total. The minimum atomic E-state index is -0.567. The van der Waals surface area contributed by atoms with Gasteiger partial charge in [-0.15, -0.1) is 0 Å². The fourth-order valence-corrected chi connectivity index (χ4v) is 1.20. The second kappa shape index (κ2) is 5.24. The monoisotopic (exact) mass is 225 g/mol. The molecular weight excluding hydrogens is 210 g/mol. The second-order valence-corrected chi connectivity index (χ2v) is 3.52. The highest BCUT2D eigenvalue weighted by Gasteiger charge is 2.17. The van der Waals surface area contributed by atoms with E-state index in [1.165, 1.54) is 13.3 Å². The van der Waals surface area contributed by atoms with Crippen molar-refractivity contribution < 1.29 is 9.59 Å². The number of rotatable bonds is 4. The zero-order chi connectivity index (χ0) is 12.1. The molecule has 0 radical (unpaired) electrons. The lowest BCUT2D eigenvalue weighted by Crippen LogP contribution is -2.44. The van der Waals surface area contributed by atoms with Crippen molar-refractivity contribution in [3.8, 4) is 0 Å². The number of hydrogen-bond donors (Lipinski definition) is 3. The largest absolute Gasteiger partial charge is 0.345 e. The van der Waals surface area contributed by atoms with Crippen LogP contribution in [-0.4, -0.2) is 33.0 Å². The van der Waals surface area contributed by atoms with Gasteiger partial charge < -0.3 is 10.6 Å². The molecule has 1 heterocycles. The maximum Gasteiger partial charge on any atom is 0.242 e. The summed E-state index contributed by atoms with van der Waals surface area (Å²) in [4.78, 5) is 26.3. The van der Waals surface area contributed by atoms with Gasteiger partial charge >= 0.3 is 0 Å². The number of aromatic nitrogens is 3. The van der Waals surface area contributed by atoms with E-state index in [2.05, 4.69) is 25.8 Å². The van der Waals surface area contributed by atoms with Crippen LogP contribution in [0.1, 0.15) is 32.6 Å². The minimum Gasteiger partial charge on any atom is -0.345 e. The van der Waals surface area contributed by atoms with Crippen LogP contribution >= 0.6 is 0 Å². The molecule has 7 heteroatoms. The summed E-state index contributed by atoms with van der Waals surface area (Å²) in [5.74, 6) is 0.0671. The van der Waals surface area contributed by atoms with Crippen molar-refractivity contribution in [3.05, 3.63) is 12.2 Å². The zero-order valence-electron chi connectivity index (χ0n) is 9.44. The first-order valence-electron chi connectivity index (χ1n) is 4.93. The van der Waals surface area contributed by atoms with Crippen molar-refractivity contribution in [2.24, 2.45) is 0 Å². The van der Waals surface area contributed by atoms with E-state index >= 15 is 0 Å². The van der Waals surface area contributed by atoms with E-state index in [1.807, 2.05) is 0 Å². The van der Waals surface area contributed by atoms with Crippen LogP contribution in [0.3, 0.4) is 0 Å². The van der Waals surface area contributed by atoms with Gasteiger partial charge in [0.1, 0.15) is 18.2 Å². The molecule has 1 aromatic rings. The molecule has 0 aliphatic carbocycles. The van der Waals surface area contributed by atoms with Crippen molar-refractivity contribution in [3.63, 3.8) is 0 Å². The van der Waals surface area contributed by atoms with Crippen molar-refractivity contribution in [2.45, 2.75) is 32.9 Å². The van der Waals surface area contributed by atoms with Gasteiger partial charge in [-0.05, 0) is 13.8 Å². The standard InChI is InChI=1S/C9H15N5O2/c1-5(8-10-4-11-14-8)13-9(16)6(2)12-7(3)15/h4-6H,1-3H3,(H,12,15)(H,13,16)(H,10,11,14). The summed E-state index contributed by atoms with van der Waals surface area (Å²) in [6.45, 7) is 4.76. The number of nitrogens with one attached hydrogen (secondary N) is 3. The summed E-state index contributed by atoms with van der Waals surface area (Å²) in [5.41, 5.74) is 0. The molecule has 0 aliphatic rings. The molecular formula is C9H15N5O2. The van der Waals surface area contributed by atoms with Gasteiger partial charge in [-0.2, -0.15) is 5.10 Å². The molecule has 0 bridgehead atoms. The average Bonchev–Trinajstić information content (AvgIpc) is 2.68. The first-order chi connectivity index (χ1) is 7.50. The Labute approximate surface area is 93.0 Å². The van der Waals surface area contributed by atoms with Gasteiger partial charge in [-0.25, -0.2) is 4.98 Å². The summed E-state index contributed by atoms with van der Waals surface area (Å²) in [6, 6.07) is -0.839. The highest BCUT2D eigenvalue weighted by atomic mass is 16.2. The second-order valence-electron chi connectivity index (χ2n) is 3.52. The molecule has 0 aliphatic heterocycles. The molecule has 0 saturated heterocycles. The number of nitrogens with zero attached hydrogens (tertiary/aromatic N) is 2. The maximum absolute atomic E-state index is 11.6. The van der Waals surface area contributed by atoms with E-state index < -0.39 is 6.04 Å². The van der Waals surface area contributed by atoms with Crippen LogP contribution in [0.5, 0.6) is 0 Å². The normalized spacial score (nSPS) is 13.9. The SMILES string of the molecule is CC(=O)NC(C)C(=O)NC(C)c1ncn[nH]1. The predicted molar refractivity (Wildman–Crippen MR) is 56.2 cm³/mol. The summed E-state index contributed by atoms with van der Waals surface area (Å²) >= 11 is 0. The third-order valence-corrected chi connectivity index (χ3v) is 2.02. The van der Waals surface area contributed by atoms with Crippen molar-refractivity contribution in [1.82, 2.24) is 25.8 Å². The highest BCUT2D eigenvalue weighted by molar-refractivity contribution is 5.86. The average molecular weight is 225 g/mol. The van der Waals surface area contributed by atoms with E-state index in [9.17, 15) is 9.59 Å². The molecule has 2 atom stereocenters. The van der Waals surface area contributed by atoms with Crippen LogP contribution in [0.2, 0.25) is 0 Å². The Kier molecular flexibility index (Phi) is 3.98. The van der Waals surface area contributed by atoms with E-state index in [0.29, 0.717) is 5.82 Å². The van der Waals surface area contributed by atoms with Crippen molar-refractivity contribution in [1.29, 1.82) is 0 Å². The summed E-state index contributed by atoms with van der Waals surface area (Å²) in [6.07, 6.45) is 1.37. The summed E-state index contributed by atoms with van der Waals surface area (Å²) in [7, 11) is 0. The molecule has 2 unspecified atom stereocenters. The third kappa shape index (κ3) is 3.34. The molecule has 3 N–H and O–H groups in total. The zero-order valence-corrected chi connectivity index (χ0v) is 9.44. The number of hydrogen-bond acceptors (Lipinski definition) is 4. The summed E-state index contributed by atoms with van der Waals surface area (Å²) < 4.78 is 0. The topological polar surface area (TPSA) is 99.8 Å². The van der Waals surface area contributed by atoms with Crippen LogP contribution < -0.4 is 10.6 Å². The molecule has 88 valence electrons. The van der Waals surface area contributed by atoms with Crippen molar-refractivity contribution >= 4 is 11.8 Å². The molecule has 2 amide bonds. The molecule has 0 aromatic carbocycles. The molecule has 0 spiro atoms. The number of H-pyrrole nitrogens is 1. The van der Waals surface area contributed by atoms with Gasteiger partial charge in [0.15, 0.2) is 0 Å². The Morgan fingerprint density at radius 3 is 2.56 bits per heavy atom. The molecule has 16 heavy (non-hydrogen) atoms. The minimum absolute atomic E-state index is 0.241. The lowest BCUT2D eigenvalue weighted by atomic mass is 10.2. The first-order valence-corrected chi connectivity index (χ1v) is 4.93. The fourth-order valence-electron chi connectivity index (χ4n) is 1.20. The van der Waals surface area contributed by atoms with Gasteiger partial charge in [0.05, 0.1) is 6.04 Å². The number of amides is 2. The van der Waals surface area contributed by atoms with E-state index in [-0.39, 0.29) is 17.9 Å². The molecule has 0 saturated carbocycles. The predicted octanol–water partition coefficient (Wildman–Crippen LogP) is -0.493. The number of aromatic amines is 1. The van der Waals surface area contributed by atoms with Crippen LogP contribution in [0.25, 0.3) is 0 Å². The van der Waals surface area contributed by atoms with Gasteiger partial charge in [-0.1, -0.05) is 0 Å². The van der Waals surface area contributed by atoms with Gasteiger partial charge in [0, 0.05) is 6.92 Å². The Morgan fingerprint density at radius 2 is 2.06 bits per heavy atom. The highest BCUT2D eigenvalue weighted by Crippen LogP contribution is 2.03. The Balaban J connectivity index is 2.48. The molecule has 1 rings (SSSR count). The van der Waals surface area contributed by atoms with Crippen LogP contribution in [0.15, 0.2) is 6.33 Å². The number of carbonyl (C=O) groups is 2. The van der Waals surface area contributed by atoms with E-state index in [0.717, 1.165) is 0 Å². The van der Waals surface area contributed by atoms with Crippen LogP contribution in [0.4, 0.5) is 0 Å². The molecule has 0 fully saturated rings. The third-order valence-electron chi connectivity index (χ3n) is 2.02. The van der Waals surface area contributed by atoms with Crippen LogP contribution in [0, 0.1) is 0 Å². The van der Waals surface area contributed by atoms with E-state index in [4.69, 9.17) is 0 Å². The fraction of sp³-hybridized carbons (Fsp3) is 0.556. The quantitative estimate of drug-likeness (QED) is 0.643. The smallest absolute Gasteiger partial charge is 0.242 e. The Morgan fingerprint density at radius 1 is 1.38 bits per heavy atom. The molecule has 1 aromatic heterocycles. The van der Waals surface area contributed by atoms with Gasteiger partial charge in [-0.3, -0.25) is 14.7 Å². The lowest BCUT2D eigenvalue weighted by Gasteiger charge is -2.16. The maximum atomic E-state index is 11.6. The summed E-state index contributed by atoms with van der Waals surface area (Å²) in [5, 5.41) is 11.5. The Bertz CT molecular complexity index is 362. The van der Waals surface area contributed by atoms with Gasteiger partial charge in [0.2, 0.25) is 11.8 Å². The first kappa shape index (κ1) is 12.2. The van der Waals surface area contributed by atoms with Crippen LogP contribution in [-0.2, 0) is 9.59 Å². The number of carbonyl (C=O) groups excluding carboxylic acids is 2. The van der Waals surface area contributed by atoms with Gasteiger partial charge in [0.25, 0.3) is 0 Å². The Hall–Kier alpha value is -1.92.